The van der Waals surface area contributed by atoms with Crippen LogP contribution in [0.2, 0.25) is 0 Å². The fraction of sp³-hybridized carbons (Fsp3) is 0.588. The van der Waals surface area contributed by atoms with Gasteiger partial charge in [0, 0.05) is 36.3 Å². The summed E-state index contributed by atoms with van der Waals surface area (Å²) in [6.45, 7) is 6.16. The lowest BCUT2D eigenvalue weighted by Crippen LogP contribution is -2.43. The molecular weight excluding hydrogens is 292 g/mol. The standard InChI is InChI=1S/C17H28N4S/c1-4-21(3)13-12-19-16(18-2)20-14-17(10-11-17)22-15-8-6-5-7-9-15/h5-9H,4,10-14H2,1-3H3,(H2,18,19,20). The molecule has 0 unspecified atom stereocenters. The van der Waals surface area contributed by atoms with Crippen molar-refractivity contribution in [3.63, 3.8) is 0 Å². The van der Waals surface area contributed by atoms with E-state index in [0.29, 0.717) is 4.75 Å². The Hall–Kier alpha value is -1.20. The van der Waals surface area contributed by atoms with E-state index in [-0.39, 0.29) is 0 Å². The van der Waals surface area contributed by atoms with Crippen molar-refractivity contribution in [1.82, 2.24) is 15.5 Å². The van der Waals surface area contributed by atoms with Crippen LogP contribution in [0, 0.1) is 0 Å². The van der Waals surface area contributed by atoms with E-state index in [9.17, 15) is 0 Å². The largest absolute Gasteiger partial charge is 0.355 e. The van der Waals surface area contributed by atoms with Crippen LogP contribution >= 0.6 is 11.8 Å². The molecule has 1 aliphatic carbocycles. The summed E-state index contributed by atoms with van der Waals surface area (Å²) in [7, 11) is 3.97. The minimum absolute atomic E-state index is 0.346. The maximum Gasteiger partial charge on any atom is 0.191 e. The summed E-state index contributed by atoms with van der Waals surface area (Å²) in [5.74, 6) is 0.907. The number of benzene rings is 1. The monoisotopic (exact) mass is 320 g/mol. The summed E-state index contributed by atoms with van der Waals surface area (Å²) < 4.78 is 0.346. The third kappa shape index (κ3) is 5.54. The summed E-state index contributed by atoms with van der Waals surface area (Å²) >= 11 is 1.99. The molecule has 2 N–H and O–H groups in total. The number of aliphatic imine (C=N–C) groups is 1. The van der Waals surface area contributed by atoms with Crippen LogP contribution < -0.4 is 10.6 Å². The molecule has 0 bridgehead atoms. The molecule has 1 fully saturated rings. The van der Waals surface area contributed by atoms with Gasteiger partial charge in [-0.3, -0.25) is 4.99 Å². The van der Waals surface area contributed by atoms with Crippen molar-refractivity contribution in [2.75, 3.05) is 40.3 Å². The van der Waals surface area contributed by atoms with Crippen LogP contribution in [0.25, 0.3) is 0 Å². The Kier molecular flexibility index (Phi) is 6.58. The highest BCUT2D eigenvalue weighted by Crippen LogP contribution is 2.51. The first-order valence-electron chi connectivity index (χ1n) is 8.04. The summed E-state index contributed by atoms with van der Waals surface area (Å²) in [4.78, 5) is 7.96. The molecule has 1 aliphatic rings. The van der Waals surface area contributed by atoms with Crippen molar-refractivity contribution in [3.05, 3.63) is 30.3 Å². The molecule has 22 heavy (non-hydrogen) atoms. The van der Waals surface area contributed by atoms with Gasteiger partial charge in [0.1, 0.15) is 0 Å². The quantitative estimate of drug-likeness (QED) is 0.570. The van der Waals surface area contributed by atoms with Gasteiger partial charge in [0.15, 0.2) is 5.96 Å². The zero-order valence-corrected chi connectivity index (χ0v) is 14.7. The highest BCUT2D eigenvalue weighted by Gasteiger charge is 2.43. The lowest BCUT2D eigenvalue weighted by Gasteiger charge is -2.19. The van der Waals surface area contributed by atoms with Crippen LogP contribution in [0.3, 0.4) is 0 Å². The molecule has 0 saturated heterocycles. The van der Waals surface area contributed by atoms with Gasteiger partial charge < -0.3 is 15.5 Å². The van der Waals surface area contributed by atoms with E-state index in [4.69, 9.17) is 0 Å². The van der Waals surface area contributed by atoms with Gasteiger partial charge in [-0.05, 0) is 38.6 Å². The van der Waals surface area contributed by atoms with Gasteiger partial charge in [0.2, 0.25) is 0 Å². The number of thioether (sulfide) groups is 1. The Morgan fingerprint density at radius 3 is 2.59 bits per heavy atom. The van der Waals surface area contributed by atoms with Crippen LogP contribution in [0.1, 0.15) is 19.8 Å². The maximum atomic E-state index is 4.32. The first-order valence-corrected chi connectivity index (χ1v) is 8.86. The Bertz CT molecular complexity index is 471. The molecule has 2 rings (SSSR count). The molecule has 122 valence electrons. The summed E-state index contributed by atoms with van der Waals surface area (Å²) in [6.07, 6.45) is 2.55. The van der Waals surface area contributed by atoms with Gasteiger partial charge >= 0.3 is 0 Å². The number of nitrogens with one attached hydrogen (secondary N) is 2. The predicted octanol–water partition coefficient (Wildman–Crippen LogP) is 2.43. The fourth-order valence-corrected chi connectivity index (χ4v) is 3.43. The number of likely N-dealkylation sites (N-methyl/N-ethyl adjacent to an activating group) is 1. The summed E-state index contributed by atoms with van der Waals surface area (Å²) in [5.41, 5.74) is 0. The Labute approximate surface area is 138 Å². The molecule has 0 spiro atoms. The van der Waals surface area contributed by atoms with Crippen molar-refractivity contribution < 1.29 is 0 Å². The smallest absolute Gasteiger partial charge is 0.191 e. The van der Waals surface area contributed by atoms with Gasteiger partial charge in [0.25, 0.3) is 0 Å². The van der Waals surface area contributed by atoms with Crippen LogP contribution in [-0.2, 0) is 0 Å². The average molecular weight is 321 g/mol. The third-order valence-corrected chi connectivity index (χ3v) is 5.51. The lowest BCUT2D eigenvalue weighted by molar-refractivity contribution is 0.357. The van der Waals surface area contributed by atoms with E-state index >= 15 is 0 Å². The number of hydrogen-bond acceptors (Lipinski definition) is 3. The van der Waals surface area contributed by atoms with Crippen molar-refractivity contribution in [3.8, 4) is 0 Å². The van der Waals surface area contributed by atoms with E-state index < -0.39 is 0 Å². The minimum atomic E-state index is 0.346. The second kappa shape index (κ2) is 8.44. The second-order valence-corrected chi connectivity index (χ2v) is 7.39. The van der Waals surface area contributed by atoms with Crippen molar-refractivity contribution in [2.45, 2.75) is 29.4 Å². The highest BCUT2D eigenvalue weighted by atomic mass is 32.2. The van der Waals surface area contributed by atoms with E-state index in [1.165, 1.54) is 17.7 Å². The zero-order valence-electron chi connectivity index (χ0n) is 13.9. The second-order valence-electron chi connectivity index (χ2n) is 5.85. The molecule has 1 aromatic carbocycles. The lowest BCUT2D eigenvalue weighted by atomic mass is 10.4. The number of hydrogen-bond donors (Lipinski definition) is 2. The molecule has 5 heteroatoms. The molecular formula is C17H28N4S. The van der Waals surface area contributed by atoms with Crippen molar-refractivity contribution in [2.24, 2.45) is 4.99 Å². The van der Waals surface area contributed by atoms with E-state index in [1.54, 1.807) is 0 Å². The molecule has 0 aliphatic heterocycles. The molecule has 0 amide bonds. The molecule has 0 heterocycles. The van der Waals surface area contributed by atoms with Gasteiger partial charge in [0.05, 0.1) is 0 Å². The van der Waals surface area contributed by atoms with Crippen LogP contribution in [-0.4, -0.2) is 55.9 Å². The minimum Gasteiger partial charge on any atom is -0.355 e. The van der Waals surface area contributed by atoms with Crippen LogP contribution in [0.4, 0.5) is 0 Å². The van der Waals surface area contributed by atoms with Crippen LogP contribution in [0.5, 0.6) is 0 Å². The molecule has 1 aromatic rings. The average Bonchev–Trinajstić information content (AvgIpc) is 3.31. The SMILES string of the molecule is CCN(C)CCNC(=NC)NCC1(Sc2ccccc2)CC1. The van der Waals surface area contributed by atoms with Crippen molar-refractivity contribution in [1.29, 1.82) is 0 Å². The number of rotatable bonds is 8. The fourth-order valence-electron chi connectivity index (χ4n) is 2.18. The normalized spacial score (nSPS) is 16.6. The van der Waals surface area contributed by atoms with Crippen LogP contribution in [0.15, 0.2) is 40.2 Å². The molecule has 1 saturated carbocycles. The Balaban J connectivity index is 1.73. The molecule has 0 aromatic heterocycles. The number of nitrogens with zero attached hydrogens (tertiary/aromatic N) is 2. The highest BCUT2D eigenvalue weighted by molar-refractivity contribution is 8.01. The first kappa shape index (κ1) is 17.2. The summed E-state index contributed by atoms with van der Waals surface area (Å²) in [6, 6.07) is 10.7. The zero-order chi connectivity index (χ0) is 15.8. The van der Waals surface area contributed by atoms with Gasteiger partial charge in [-0.25, -0.2) is 0 Å². The van der Waals surface area contributed by atoms with E-state index in [1.807, 2.05) is 18.8 Å². The Morgan fingerprint density at radius 2 is 2.00 bits per heavy atom. The van der Waals surface area contributed by atoms with Crippen molar-refractivity contribution >= 4 is 17.7 Å². The van der Waals surface area contributed by atoms with E-state index in [0.717, 1.165) is 32.1 Å². The number of guanidine groups is 1. The predicted molar refractivity (Wildman–Crippen MR) is 96.8 cm³/mol. The van der Waals surface area contributed by atoms with E-state index in [2.05, 4.69) is 64.8 Å². The summed E-state index contributed by atoms with van der Waals surface area (Å²) in [5, 5.41) is 6.87. The van der Waals surface area contributed by atoms with Gasteiger partial charge in [-0.2, -0.15) is 0 Å². The molecule has 4 nitrogen and oxygen atoms in total. The maximum absolute atomic E-state index is 4.32. The Morgan fingerprint density at radius 1 is 1.27 bits per heavy atom. The van der Waals surface area contributed by atoms with Gasteiger partial charge in [-0.1, -0.05) is 25.1 Å². The molecule has 0 atom stereocenters. The topological polar surface area (TPSA) is 39.7 Å². The first-order chi connectivity index (χ1) is 10.7. The third-order valence-electron chi connectivity index (χ3n) is 4.01. The van der Waals surface area contributed by atoms with Gasteiger partial charge in [-0.15, -0.1) is 11.8 Å². The molecule has 0 radical (unpaired) electrons.